The number of anilines is 1. The van der Waals surface area contributed by atoms with Crippen LogP contribution in [-0.4, -0.2) is 10.3 Å². The van der Waals surface area contributed by atoms with E-state index < -0.39 is 0 Å². The normalized spacial score (nSPS) is 12.6. The first kappa shape index (κ1) is 8.74. The van der Waals surface area contributed by atoms with Crippen molar-refractivity contribution in [3.05, 3.63) is 41.6 Å². The lowest BCUT2D eigenvalue weighted by Gasteiger charge is -2.07. The van der Waals surface area contributed by atoms with Gasteiger partial charge in [-0.2, -0.15) is 0 Å². The number of nitrogen functional groups attached to an aromatic ring is 1. The van der Waals surface area contributed by atoms with Crippen LogP contribution in [0, 0.1) is 0 Å². The van der Waals surface area contributed by atoms with Crippen LogP contribution in [0.4, 0.5) is 5.82 Å². The maximum Gasteiger partial charge on any atom is 0.192 e. The number of aromatic nitrogens is 2. The number of nitrogens with zero attached hydrogens (tertiary/aromatic N) is 2. The summed E-state index contributed by atoms with van der Waals surface area (Å²) in [5.74, 6) is 0.476. The van der Waals surface area contributed by atoms with Crippen LogP contribution >= 0.6 is 0 Å². The molecule has 2 N–H and O–H groups in total. The molecule has 1 aromatic carbocycles. The van der Waals surface area contributed by atoms with E-state index in [9.17, 15) is 0 Å². The minimum absolute atomic E-state index is 0.113. The van der Waals surface area contributed by atoms with Gasteiger partial charge in [0, 0.05) is 5.92 Å². The summed E-state index contributed by atoms with van der Waals surface area (Å²) in [5, 5.41) is 7.34. The van der Waals surface area contributed by atoms with Gasteiger partial charge in [0.05, 0.1) is 0 Å². The lowest BCUT2D eigenvalue weighted by molar-refractivity contribution is 0.304. The molecule has 72 valence electrons. The highest BCUT2D eigenvalue weighted by Gasteiger charge is 2.16. The molecule has 0 aliphatic rings. The van der Waals surface area contributed by atoms with Crippen molar-refractivity contribution in [3.63, 3.8) is 0 Å². The first-order valence-corrected chi connectivity index (χ1v) is 4.42. The van der Waals surface area contributed by atoms with E-state index >= 15 is 0 Å². The Balaban J connectivity index is 2.34. The number of hydrogen-bond acceptors (Lipinski definition) is 4. The Morgan fingerprint density at radius 3 is 2.50 bits per heavy atom. The second-order valence-electron chi connectivity index (χ2n) is 3.17. The summed E-state index contributed by atoms with van der Waals surface area (Å²) in [6.07, 6.45) is 0. The van der Waals surface area contributed by atoms with Gasteiger partial charge in [-0.15, -0.1) is 0 Å². The van der Waals surface area contributed by atoms with Gasteiger partial charge in [0.15, 0.2) is 5.82 Å². The zero-order valence-corrected chi connectivity index (χ0v) is 7.84. The highest BCUT2D eigenvalue weighted by atomic mass is 16.6. The first-order chi connectivity index (χ1) is 6.79. The molecule has 0 fully saturated rings. The Morgan fingerprint density at radius 2 is 1.93 bits per heavy atom. The van der Waals surface area contributed by atoms with E-state index in [0.29, 0.717) is 11.5 Å². The fraction of sp³-hybridized carbons (Fsp3) is 0.200. The maximum atomic E-state index is 5.61. The molecule has 0 amide bonds. The minimum Gasteiger partial charge on any atom is -0.379 e. The first-order valence-electron chi connectivity index (χ1n) is 4.42. The zero-order chi connectivity index (χ0) is 9.97. The predicted octanol–water partition coefficient (Wildman–Crippen LogP) is 1.80. The Labute approximate surface area is 81.7 Å². The summed E-state index contributed by atoms with van der Waals surface area (Å²) in [5.41, 5.74) is 7.45. The molecule has 1 heterocycles. The predicted molar refractivity (Wildman–Crippen MR) is 52.7 cm³/mol. The Hall–Kier alpha value is -1.84. The molecular formula is C10H11N3O. The monoisotopic (exact) mass is 189 g/mol. The van der Waals surface area contributed by atoms with Crippen LogP contribution in [0.5, 0.6) is 0 Å². The molecule has 0 radical (unpaired) electrons. The zero-order valence-electron chi connectivity index (χ0n) is 7.84. The third-order valence-corrected chi connectivity index (χ3v) is 2.25. The smallest absolute Gasteiger partial charge is 0.192 e. The molecule has 1 atom stereocenters. The van der Waals surface area contributed by atoms with Crippen LogP contribution < -0.4 is 5.73 Å². The summed E-state index contributed by atoms with van der Waals surface area (Å²) >= 11 is 0. The van der Waals surface area contributed by atoms with E-state index in [2.05, 4.69) is 14.9 Å². The van der Waals surface area contributed by atoms with Crippen LogP contribution in [0.3, 0.4) is 0 Å². The van der Waals surface area contributed by atoms with Crippen LogP contribution in [0.2, 0.25) is 0 Å². The Kier molecular flexibility index (Phi) is 2.18. The van der Waals surface area contributed by atoms with Crippen molar-refractivity contribution in [3.8, 4) is 0 Å². The molecule has 0 saturated carbocycles. The van der Waals surface area contributed by atoms with Gasteiger partial charge in [0.2, 0.25) is 0 Å². The molecule has 0 aliphatic heterocycles. The average Bonchev–Trinajstić information content (AvgIpc) is 2.65. The molecule has 0 bridgehead atoms. The second kappa shape index (κ2) is 3.49. The number of benzene rings is 1. The largest absolute Gasteiger partial charge is 0.379 e. The molecule has 4 heteroatoms. The molecule has 2 aromatic rings. The number of hydrogen-bond donors (Lipinski definition) is 1. The van der Waals surface area contributed by atoms with Gasteiger partial charge in [0.1, 0.15) is 5.69 Å². The standard InChI is InChI=1S/C10H11N3O/c1-7(8-5-3-2-4-6-8)9-10(11)13-14-12-9/h2-7H,1H3,(H2,11,13). The molecular weight excluding hydrogens is 178 g/mol. The van der Waals surface area contributed by atoms with Gasteiger partial charge in [-0.1, -0.05) is 42.4 Å². The summed E-state index contributed by atoms with van der Waals surface area (Å²) in [4.78, 5) is 0. The second-order valence-corrected chi connectivity index (χ2v) is 3.17. The maximum absolute atomic E-state index is 5.61. The van der Waals surface area contributed by atoms with Crippen molar-refractivity contribution in [2.45, 2.75) is 12.8 Å². The summed E-state index contributed by atoms with van der Waals surface area (Å²) in [6, 6.07) is 9.99. The fourth-order valence-electron chi connectivity index (χ4n) is 1.40. The van der Waals surface area contributed by atoms with Crippen molar-refractivity contribution in [1.29, 1.82) is 0 Å². The number of rotatable bonds is 2. The Bertz CT molecular complexity index is 410. The molecule has 1 aromatic heterocycles. The average molecular weight is 189 g/mol. The van der Waals surface area contributed by atoms with Crippen LogP contribution in [-0.2, 0) is 0 Å². The third kappa shape index (κ3) is 1.46. The van der Waals surface area contributed by atoms with E-state index in [0.717, 1.165) is 5.56 Å². The molecule has 1 unspecified atom stereocenters. The summed E-state index contributed by atoms with van der Waals surface area (Å²) < 4.78 is 4.56. The molecule has 0 aliphatic carbocycles. The van der Waals surface area contributed by atoms with E-state index in [1.165, 1.54) is 0 Å². The van der Waals surface area contributed by atoms with Crippen molar-refractivity contribution in [2.75, 3.05) is 5.73 Å². The minimum atomic E-state index is 0.113. The van der Waals surface area contributed by atoms with Gasteiger partial charge in [-0.05, 0) is 10.7 Å². The van der Waals surface area contributed by atoms with Gasteiger partial charge in [0.25, 0.3) is 0 Å². The lowest BCUT2D eigenvalue weighted by atomic mass is 9.98. The van der Waals surface area contributed by atoms with E-state index in [-0.39, 0.29) is 5.92 Å². The van der Waals surface area contributed by atoms with E-state index in [1.807, 2.05) is 37.3 Å². The van der Waals surface area contributed by atoms with Gasteiger partial charge >= 0.3 is 0 Å². The van der Waals surface area contributed by atoms with Gasteiger partial charge in [-0.25, -0.2) is 4.63 Å². The SMILES string of the molecule is CC(c1ccccc1)c1nonc1N. The number of nitrogens with two attached hydrogens (primary N) is 1. The van der Waals surface area contributed by atoms with Crippen LogP contribution in [0.15, 0.2) is 35.0 Å². The van der Waals surface area contributed by atoms with Crippen molar-refractivity contribution in [1.82, 2.24) is 10.3 Å². The van der Waals surface area contributed by atoms with Crippen LogP contribution in [0.1, 0.15) is 24.1 Å². The molecule has 14 heavy (non-hydrogen) atoms. The summed E-state index contributed by atoms with van der Waals surface area (Å²) in [6.45, 7) is 2.02. The van der Waals surface area contributed by atoms with Crippen molar-refractivity contribution in [2.24, 2.45) is 0 Å². The lowest BCUT2D eigenvalue weighted by Crippen LogP contribution is -2.00. The van der Waals surface area contributed by atoms with Crippen molar-refractivity contribution >= 4 is 5.82 Å². The fourth-order valence-corrected chi connectivity index (χ4v) is 1.40. The summed E-state index contributed by atoms with van der Waals surface area (Å²) in [7, 11) is 0. The molecule has 4 nitrogen and oxygen atoms in total. The highest BCUT2D eigenvalue weighted by Crippen LogP contribution is 2.25. The van der Waals surface area contributed by atoms with Crippen LogP contribution in [0.25, 0.3) is 0 Å². The van der Waals surface area contributed by atoms with E-state index in [4.69, 9.17) is 5.73 Å². The quantitative estimate of drug-likeness (QED) is 0.782. The van der Waals surface area contributed by atoms with Gasteiger partial charge < -0.3 is 5.73 Å². The van der Waals surface area contributed by atoms with Gasteiger partial charge in [-0.3, -0.25) is 0 Å². The Morgan fingerprint density at radius 1 is 1.21 bits per heavy atom. The van der Waals surface area contributed by atoms with Crippen molar-refractivity contribution < 1.29 is 4.63 Å². The van der Waals surface area contributed by atoms with E-state index in [1.54, 1.807) is 0 Å². The molecule has 2 rings (SSSR count). The highest BCUT2D eigenvalue weighted by molar-refractivity contribution is 5.39. The third-order valence-electron chi connectivity index (χ3n) is 2.25. The molecule has 0 saturated heterocycles. The molecule has 0 spiro atoms. The topological polar surface area (TPSA) is 64.9 Å².